The molecule has 5 atom stereocenters. The molecule has 0 amide bonds. The molecule has 0 saturated carbocycles. The normalized spacial score (nSPS) is 36.2. The third-order valence-corrected chi connectivity index (χ3v) is 4.35. The zero-order chi connectivity index (χ0) is 14.9. The van der Waals surface area contributed by atoms with E-state index < -0.39 is 5.79 Å². The summed E-state index contributed by atoms with van der Waals surface area (Å²) in [5.74, 6) is 0.0782. The number of rotatable bonds is 3. The Morgan fingerprint density at radius 3 is 2.55 bits per heavy atom. The monoisotopic (exact) mass is 282 g/mol. The lowest BCUT2D eigenvalue weighted by atomic mass is 9.86. The van der Waals surface area contributed by atoms with E-state index in [1.807, 2.05) is 26.8 Å². The van der Waals surface area contributed by atoms with Crippen LogP contribution < -0.4 is 0 Å². The number of cyclic esters (lactones) is 1. The highest BCUT2D eigenvalue weighted by molar-refractivity contribution is 5.70. The van der Waals surface area contributed by atoms with E-state index in [9.17, 15) is 4.79 Å². The second kappa shape index (κ2) is 5.86. The lowest BCUT2D eigenvalue weighted by Gasteiger charge is -2.29. The highest BCUT2D eigenvalue weighted by Gasteiger charge is 2.39. The molecule has 0 aromatic carbocycles. The molecule has 20 heavy (non-hydrogen) atoms. The topological polar surface area (TPSA) is 44.8 Å². The van der Waals surface area contributed by atoms with Crippen molar-refractivity contribution in [3.05, 3.63) is 12.2 Å². The molecule has 2 aliphatic heterocycles. The molecule has 4 nitrogen and oxygen atoms in total. The molecule has 0 bridgehead atoms. The van der Waals surface area contributed by atoms with Gasteiger partial charge in [0.15, 0.2) is 5.79 Å². The van der Waals surface area contributed by atoms with Crippen molar-refractivity contribution in [1.29, 1.82) is 0 Å². The van der Waals surface area contributed by atoms with E-state index in [0.29, 0.717) is 13.0 Å². The van der Waals surface area contributed by atoms with Crippen LogP contribution in [0.15, 0.2) is 12.2 Å². The van der Waals surface area contributed by atoms with E-state index in [1.165, 1.54) is 0 Å². The number of hydrogen-bond donors (Lipinski definition) is 0. The van der Waals surface area contributed by atoms with Gasteiger partial charge in [-0.3, -0.25) is 4.79 Å². The largest absolute Gasteiger partial charge is 0.458 e. The van der Waals surface area contributed by atoms with E-state index in [4.69, 9.17) is 14.2 Å². The van der Waals surface area contributed by atoms with Gasteiger partial charge in [-0.25, -0.2) is 0 Å². The zero-order valence-electron chi connectivity index (χ0n) is 13.1. The summed E-state index contributed by atoms with van der Waals surface area (Å²) in [5.41, 5.74) is 0. The summed E-state index contributed by atoms with van der Waals surface area (Å²) in [4.78, 5) is 11.7. The van der Waals surface area contributed by atoms with Gasteiger partial charge in [0, 0.05) is 5.92 Å². The van der Waals surface area contributed by atoms with Crippen molar-refractivity contribution in [2.75, 3.05) is 6.61 Å². The fraction of sp³-hybridized carbons (Fsp3) is 0.812. The highest BCUT2D eigenvalue weighted by Crippen LogP contribution is 2.33. The molecule has 114 valence electrons. The Hall–Kier alpha value is -0.870. The van der Waals surface area contributed by atoms with E-state index >= 15 is 0 Å². The smallest absolute Gasteiger partial charge is 0.306 e. The summed E-state index contributed by atoms with van der Waals surface area (Å²) in [7, 11) is 0. The average molecular weight is 282 g/mol. The summed E-state index contributed by atoms with van der Waals surface area (Å²) in [6.07, 6.45) is 4.44. The fourth-order valence-corrected chi connectivity index (χ4v) is 2.76. The zero-order valence-corrected chi connectivity index (χ0v) is 13.1. The number of carbonyl (C=O) groups is 1. The summed E-state index contributed by atoms with van der Waals surface area (Å²) < 4.78 is 17.1. The van der Waals surface area contributed by atoms with Gasteiger partial charge >= 0.3 is 5.97 Å². The van der Waals surface area contributed by atoms with Crippen LogP contribution in [0.5, 0.6) is 0 Å². The second-order valence-corrected chi connectivity index (χ2v) is 6.61. The predicted octanol–water partition coefficient (Wildman–Crippen LogP) is 2.92. The van der Waals surface area contributed by atoms with Crippen molar-refractivity contribution in [1.82, 2.24) is 0 Å². The lowest BCUT2D eigenvalue weighted by molar-refractivity contribution is -0.156. The number of esters is 1. The molecule has 1 fully saturated rings. The minimum absolute atomic E-state index is 0.0489. The number of allylic oxidation sites excluding steroid dienone is 1. The van der Waals surface area contributed by atoms with Crippen LogP contribution in [0, 0.1) is 17.8 Å². The van der Waals surface area contributed by atoms with Crippen molar-refractivity contribution in [3.63, 3.8) is 0 Å². The highest BCUT2D eigenvalue weighted by atomic mass is 16.7. The van der Waals surface area contributed by atoms with Crippen LogP contribution in [0.4, 0.5) is 0 Å². The summed E-state index contributed by atoms with van der Waals surface area (Å²) in [6.45, 7) is 10.7. The van der Waals surface area contributed by atoms with Crippen LogP contribution in [0.25, 0.3) is 0 Å². The predicted molar refractivity (Wildman–Crippen MR) is 76.0 cm³/mol. The number of hydrogen-bond acceptors (Lipinski definition) is 4. The van der Waals surface area contributed by atoms with Gasteiger partial charge in [-0.15, -0.1) is 0 Å². The minimum Gasteiger partial charge on any atom is -0.458 e. The van der Waals surface area contributed by atoms with Crippen LogP contribution in [-0.2, 0) is 19.0 Å². The van der Waals surface area contributed by atoms with Gasteiger partial charge in [0.2, 0.25) is 0 Å². The molecule has 0 aliphatic carbocycles. The standard InChI is InChI=1S/C16H26O4/c1-10-6-7-13(19-15(17)8-10)11(2)12(3)14-9-18-16(4,5)20-14/h6-7,10-14H,8-9H2,1-5H3/t10-,11-,12-,13-,14+/m0/s1. The van der Waals surface area contributed by atoms with Crippen molar-refractivity contribution < 1.29 is 19.0 Å². The van der Waals surface area contributed by atoms with Crippen LogP contribution in [0.2, 0.25) is 0 Å². The van der Waals surface area contributed by atoms with Crippen LogP contribution in [0.3, 0.4) is 0 Å². The number of carbonyl (C=O) groups excluding carboxylic acids is 1. The lowest BCUT2D eigenvalue weighted by Crippen LogP contribution is -2.35. The van der Waals surface area contributed by atoms with Gasteiger partial charge in [0.25, 0.3) is 0 Å². The molecule has 4 heteroatoms. The maximum Gasteiger partial charge on any atom is 0.306 e. The van der Waals surface area contributed by atoms with Gasteiger partial charge in [0.05, 0.1) is 19.1 Å². The Labute approximate surface area is 121 Å². The first-order chi connectivity index (χ1) is 9.28. The van der Waals surface area contributed by atoms with Crippen molar-refractivity contribution in [2.24, 2.45) is 17.8 Å². The molecule has 0 N–H and O–H groups in total. The Bertz CT molecular complexity index is 388. The molecule has 0 unspecified atom stereocenters. The van der Waals surface area contributed by atoms with Gasteiger partial charge in [-0.2, -0.15) is 0 Å². The molecule has 2 aliphatic rings. The second-order valence-electron chi connectivity index (χ2n) is 6.61. The van der Waals surface area contributed by atoms with Gasteiger partial charge in [0.1, 0.15) is 6.10 Å². The Kier molecular flexibility index (Phi) is 4.55. The maximum atomic E-state index is 11.7. The third-order valence-electron chi connectivity index (χ3n) is 4.35. The minimum atomic E-state index is -0.511. The quantitative estimate of drug-likeness (QED) is 0.590. The summed E-state index contributed by atoms with van der Waals surface area (Å²) in [5, 5.41) is 0. The molecule has 0 radical (unpaired) electrons. The molecule has 0 spiro atoms. The molecule has 2 rings (SSSR count). The fourth-order valence-electron chi connectivity index (χ4n) is 2.76. The Balaban J connectivity index is 2.01. The molecule has 0 aromatic heterocycles. The van der Waals surface area contributed by atoms with E-state index in [-0.39, 0.29) is 35.9 Å². The van der Waals surface area contributed by atoms with Crippen molar-refractivity contribution in [3.8, 4) is 0 Å². The molecular formula is C16H26O4. The first-order valence-electron chi connectivity index (χ1n) is 7.48. The first-order valence-corrected chi connectivity index (χ1v) is 7.48. The summed E-state index contributed by atoms with van der Waals surface area (Å²) >= 11 is 0. The average Bonchev–Trinajstić information content (AvgIpc) is 2.63. The summed E-state index contributed by atoms with van der Waals surface area (Å²) in [6, 6.07) is 0. The van der Waals surface area contributed by atoms with E-state index in [0.717, 1.165) is 0 Å². The number of ether oxygens (including phenoxy) is 3. The van der Waals surface area contributed by atoms with E-state index in [2.05, 4.69) is 19.9 Å². The molecule has 1 saturated heterocycles. The van der Waals surface area contributed by atoms with Crippen LogP contribution >= 0.6 is 0 Å². The third kappa shape index (κ3) is 3.61. The first kappa shape index (κ1) is 15.5. The molecule has 2 heterocycles. The molecular weight excluding hydrogens is 256 g/mol. The van der Waals surface area contributed by atoms with Crippen LogP contribution in [-0.4, -0.2) is 30.6 Å². The van der Waals surface area contributed by atoms with Crippen molar-refractivity contribution in [2.45, 2.75) is 59.0 Å². The molecule has 0 aromatic rings. The van der Waals surface area contributed by atoms with Crippen molar-refractivity contribution >= 4 is 5.97 Å². The Morgan fingerprint density at radius 2 is 1.95 bits per heavy atom. The van der Waals surface area contributed by atoms with E-state index in [1.54, 1.807) is 0 Å². The SMILES string of the molecule is C[C@@H]([C@H](C)[C@H]1COC(C)(C)O1)[C@@H]1C=C[C@H](C)CC(=O)O1. The van der Waals surface area contributed by atoms with Gasteiger partial charge in [-0.05, 0) is 31.8 Å². The van der Waals surface area contributed by atoms with Crippen LogP contribution in [0.1, 0.15) is 41.0 Å². The maximum absolute atomic E-state index is 11.7. The van der Waals surface area contributed by atoms with Gasteiger partial charge in [-0.1, -0.05) is 26.8 Å². The Morgan fingerprint density at radius 1 is 1.25 bits per heavy atom. The van der Waals surface area contributed by atoms with Gasteiger partial charge < -0.3 is 14.2 Å².